The molecule has 0 saturated carbocycles. The molecule has 0 radical (unpaired) electrons. The number of carbonyl (C=O) groups excluding carboxylic acids is 3. The molecule has 2 N–H and O–H groups in total. The molecule has 30 heavy (non-hydrogen) atoms. The largest absolute Gasteiger partial charge is 0.503 e. The van der Waals surface area contributed by atoms with Gasteiger partial charge in [0.05, 0.1) is 16.5 Å². The lowest BCUT2D eigenvalue weighted by Gasteiger charge is -2.13. The molecule has 1 saturated heterocycles. The van der Waals surface area contributed by atoms with E-state index in [4.69, 9.17) is 4.74 Å². The average Bonchev–Trinajstić information content (AvgIpc) is 2.97. The summed E-state index contributed by atoms with van der Waals surface area (Å²) < 4.78 is 5.96. The molecule has 0 aromatic heterocycles. The van der Waals surface area contributed by atoms with Gasteiger partial charge in [-0.3, -0.25) is 19.3 Å². The molecule has 10 heteroatoms. The number of hydrogen-bond acceptors (Lipinski definition) is 6. The summed E-state index contributed by atoms with van der Waals surface area (Å²) in [6.07, 6.45) is 1.50. The Morgan fingerprint density at radius 3 is 2.53 bits per heavy atom. The van der Waals surface area contributed by atoms with Crippen LogP contribution in [-0.2, 0) is 9.59 Å². The predicted octanol–water partition coefficient (Wildman–Crippen LogP) is 4.91. The van der Waals surface area contributed by atoms with E-state index in [9.17, 15) is 19.5 Å². The molecule has 0 bridgehead atoms. The molecule has 1 aliphatic heterocycles. The van der Waals surface area contributed by atoms with Crippen molar-refractivity contribution in [1.82, 2.24) is 4.90 Å². The normalized spacial score (nSPS) is 15.1. The van der Waals surface area contributed by atoms with Crippen LogP contribution in [0.2, 0.25) is 0 Å². The first-order chi connectivity index (χ1) is 14.2. The van der Waals surface area contributed by atoms with Crippen LogP contribution in [-0.4, -0.2) is 40.7 Å². The van der Waals surface area contributed by atoms with Crippen LogP contribution in [0.5, 0.6) is 11.5 Å². The Morgan fingerprint density at radius 2 is 1.90 bits per heavy atom. The maximum Gasteiger partial charge on any atom is 0.294 e. The summed E-state index contributed by atoms with van der Waals surface area (Å²) in [5, 5.41) is 12.2. The summed E-state index contributed by atoms with van der Waals surface area (Å²) >= 11 is 7.33. The third kappa shape index (κ3) is 4.71. The minimum atomic E-state index is -0.570. The lowest BCUT2D eigenvalue weighted by molar-refractivity contribution is -0.127. The van der Waals surface area contributed by atoms with Crippen molar-refractivity contribution in [3.05, 3.63) is 55.3 Å². The molecule has 0 aliphatic carbocycles. The fourth-order valence-electron chi connectivity index (χ4n) is 2.63. The van der Waals surface area contributed by atoms with Crippen molar-refractivity contribution >= 4 is 72.4 Å². The number of rotatable bonds is 5. The number of amides is 3. The van der Waals surface area contributed by atoms with Crippen LogP contribution in [0.25, 0.3) is 6.08 Å². The minimum Gasteiger partial charge on any atom is -0.503 e. The number of phenols is 1. The van der Waals surface area contributed by atoms with Gasteiger partial charge in [0.25, 0.3) is 11.1 Å². The van der Waals surface area contributed by atoms with Crippen LogP contribution in [0.1, 0.15) is 11.1 Å². The number of benzene rings is 2. The van der Waals surface area contributed by atoms with E-state index in [1.165, 1.54) is 19.3 Å². The van der Waals surface area contributed by atoms with Gasteiger partial charge in [-0.1, -0.05) is 17.7 Å². The number of nitrogens with one attached hydrogen (secondary N) is 1. The first-order valence-corrected chi connectivity index (χ1v) is 11.0. The first kappa shape index (κ1) is 22.4. The van der Waals surface area contributed by atoms with Crippen molar-refractivity contribution in [3.8, 4) is 11.5 Å². The van der Waals surface area contributed by atoms with Crippen molar-refractivity contribution in [1.29, 1.82) is 0 Å². The Labute approximate surface area is 193 Å². The van der Waals surface area contributed by atoms with Crippen molar-refractivity contribution in [2.75, 3.05) is 19.0 Å². The van der Waals surface area contributed by atoms with Gasteiger partial charge >= 0.3 is 0 Å². The van der Waals surface area contributed by atoms with Gasteiger partial charge in [0.15, 0.2) is 11.5 Å². The van der Waals surface area contributed by atoms with Gasteiger partial charge in [-0.2, -0.15) is 0 Å². The molecule has 0 spiro atoms. The Bertz CT molecular complexity index is 1070. The van der Waals surface area contributed by atoms with Crippen LogP contribution >= 0.6 is 43.6 Å². The molecule has 3 rings (SSSR count). The fourth-order valence-corrected chi connectivity index (χ4v) is 4.30. The van der Waals surface area contributed by atoms with E-state index in [-0.39, 0.29) is 22.9 Å². The molecule has 2 aromatic carbocycles. The van der Waals surface area contributed by atoms with E-state index >= 15 is 0 Å². The van der Waals surface area contributed by atoms with E-state index in [1.807, 2.05) is 19.1 Å². The number of ether oxygens (including phenoxy) is 1. The maximum absolute atomic E-state index is 12.7. The summed E-state index contributed by atoms with van der Waals surface area (Å²) in [5.74, 6) is -0.938. The Hall–Kier alpha value is -2.30. The van der Waals surface area contributed by atoms with Crippen molar-refractivity contribution in [2.45, 2.75) is 6.92 Å². The van der Waals surface area contributed by atoms with Gasteiger partial charge in [0, 0.05) is 10.2 Å². The summed E-state index contributed by atoms with van der Waals surface area (Å²) in [4.78, 5) is 38.3. The molecule has 7 nitrogen and oxygen atoms in total. The van der Waals surface area contributed by atoms with E-state index in [0.717, 1.165) is 22.2 Å². The third-order valence-electron chi connectivity index (χ3n) is 4.19. The summed E-state index contributed by atoms with van der Waals surface area (Å²) in [7, 11) is 1.40. The molecule has 0 atom stereocenters. The molecule has 0 unspecified atom stereocenters. The van der Waals surface area contributed by atoms with E-state index < -0.39 is 17.1 Å². The SMILES string of the molecule is COc1cc(/C=C2/SC(=O)N(CC(=O)Nc3ccc(C)cc3)C2=O)c(Br)c(Br)c1O. The number of hydrogen-bond donors (Lipinski definition) is 2. The average molecular weight is 556 g/mol. The van der Waals surface area contributed by atoms with Crippen molar-refractivity contribution in [2.24, 2.45) is 0 Å². The summed E-state index contributed by atoms with van der Waals surface area (Å²) in [6.45, 7) is 1.54. The first-order valence-electron chi connectivity index (χ1n) is 8.58. The van der Waals surface area contributed by atoms with Crippen molar-refractivity contribution in [3.63, 3.8) is 0 Å². The zero-order valence-corrected chi connectivity index (χ0v) is 19.9. The summed E-state index contributed by atoms with van der Waals surface area (Å²) in [5.41, 5.74) is 2.15. The van der Waals surface area contributed by atoms with Gasteiger partial charge in [0.1, 0.15) is 6.54 Å². The number of anilines is 1. The molecular formula is C20H16Br2N2O5S. The van der Waals surface area contributed by atoms with Crippen molar-refractivity contribution < 1.29 is 24.2 Å². The number of nitrogens with zero attached hydrogens (tertiary/aromatic N) is 1. The Balaban J connectivity index is 1.78. The van der Waals surface area contributed by atoms with Gasteiger partial charge in [-0.25, -0.2) is 0 Å². The van der Waals surface area contributed by atoms with E-state index in [2.05, 4.69) is 37.2 Å². The van der Waals surface area contributed by atoms with Gasteiger partial charge in [-0.15, -0.1) is 0 Å². The Morgan fingerprint density at radius 1 is 1.23 bits per heavy atom. The highest BCUT2D eigenvalue weighted by Crippen LogP contribution is 2.43. The Kier molecular flexibility index (Phi) is 6.89. The van der Waals surface area contributed by atoms with Gasteiger partial charge in [0.2, 0.25) is 5.91 Å². The second kappa shape index (κ2) is 9.23. The zero-order chi connectivity index (χ0) is 22.0. The van der Waals surface area contributed by atoms with Gasteiger partial charge in [-0.05, 0) is 80.4 Å². The second-order valence-electron chi connectivity index (χ2n) is 6.33. The number of methoxy groups -OCH3 is 1. The maximum atomic E-state index is 12.7. The van der Waals surface area contributed by atoms with Gasteiger partial charge < -0.3 is 15.2 Å². The fraction of sp³-hybridized carbons (Fsp3) is 0.150. The van der Waals surface area contributed by atoms with Crippen LogP contribution in [0, 0.1) is 6.92 Å². The topological polar surface area (TPSA) is 95.9 Å². The molecule has 1 fully saturated rings. The van der Waals surface area contributed by atoms with Crippen LogP contribution in [0.4, 0.5) is 10.5 Å². The molecule has 2 aromatic rings. The second-order valence-corrected chi connectivity index (χ2v) is 8.91. The number of halogens is 2. The number of aromatic hydroxyl groups is 1. The standard InChI is InChI=1S/C20H16Br2N2O5S/c1-10-3-5-12(6-4-10)23-15(25)9-24-19(27)14(30-20(24)28)8-11-7-13(29-2)18(26)17(22)16(11)21/h3-8,26H,9H2,1-2H3,(H,23,25)/b14-8+. The van der Waals surface area contributed by atoms with E-state index in [1.54, 1.807) is 12.1 Å². The zero-order valence-electron chi connectivity index (χ0n) is 15.9. The lowest BCUT2D eigenvalue weighted by Crippen LogP contribution is -2.36. The number of imide groups is 1. The number of phenolic OH excluding ortho intramolecular Hbond substituents is 1. The number of carbonyl (C=O) groups is 3. The van der Waals surface area contributed by atoms with Crippen LogP contribution in [0.15, 0.2) is 44.2 Å². The van der Waals surface area contributed by atoms with Crippen LogP contribution < -0.4 is 10.1 Å². The molecule has 156 valence electrons. The van der Waals surface area contributed by atoms with Crippen LogP contribution in [0.3, 0.4) is 0 Å². The highest BCUT2D eigenvalue weighted by atomic mass is 79.9. The third-order valence-corrected chi connectivity index (χ3v) is 7.26. The predicted molar refractivity (Wildman–Crippen MR) is 123 cm³/mol. The molecule has 1 heterocycles. The summed E-state index contributed by atoms with van der Waals surface area (Å²) in [6, 6.07) is 8.71. The number of aryl methyl sites for hydroxylation is 1. The molecule has 1 aliphatic rings. The molecular weight excluding hydrogens is 540 g/mol. The highest BCUT2D eigenvalue weighted by molar-refractivity contribution is 9.13. The minimum absolute atomic E-state index is 0.0950. The number of thioether (sulfide) groups is 1. The van der Waals surface area contributed by atoms with E-state index in [0.29, 0.717) is 20.2 Å². The lowest BCUT2D eigenvalue weighted by atomic mass is 10.2. The highest BCUT2D eigenvalue weighted by Gasteiger charge is 2.36. The quantitative estimate of drug-likeness (QED) is 0.509. The smallest absolute Gasteiger partial charge is 0.294 e. The monoisotopic (exact) mass is 554 g/mol. The molecule has 3 amide bonds.